The summed E-state index contributed by atoms with van der Waals surface area (Å²) < 4.78 is 0. The highest BCUT2D eigenvalue weighted by atomic mass is 16.3. The molecule has 4 nitrogen and oxygen atoms in total. The maximum absolute atomic E-state index is 11.2. The van der Waals surface area contributed by atoms with Crippen LogP contribution in [0.3, 0.4) is 0 Å². The predicted octanol–water partition coefficient (Wildman–Crippen LogP) is -0.374. The summed E-state index contributed by atoms with van der Waals surface area (Å²) in [5, 5.41) is 14.9. The Hall–Kier alpha value is -0.610. The van der Waals surface area contributed by atoms with Crippen LogP contribution in [0.2, 0.25) is 0 Å². The second kappa shape index (κ2) is 5.19. The lowest BCUT2D eigenvalue weighted by atomic mass is 9.89. The smallest absolute Gasteiger partial charge is 0.221 e. The molecule has 0 saturated heterocycles. The highest BCUT2D eigenvalue weighted by Crippen LogP contribution is 2.19. The van der Waals surface area contributed by atoms with Gasteiger partial charge in [0.2, 0.25) is 5.91 Å². The van der Waals surface area contributed by atoms with E-state index in [0.717, 1.165) is 13.1 Å². The van der Waals surface area contributed by atoms with E-state index in [1.165, 1.54) is 0 Å². The van der Waals surface area contributed by atoms with Crippen molar-refractivity contribution in [2.24, 2.45) is 0 Å². The minimum absolute atomic E-state index is 0.0813. The number of aliphatic hydroxyl groups excluding tert-OH is 1. The van der Waals surface area contributed by atoms with E-state index in [4.69, 9.17) is 5.11 Å². The van der Waals surface area contributed by atoms with Crippen LogP contribution in [0.25, 0.3) is 0 Å². The molecule has 76 valence electrons. The van der Waals surface area contributed by atoms with Crippen LogP contribution >= 0.6 is 0 Å². The van der Waals surface area contributed by atoms with Crippen LogP contribution in [0.5, 0.6) is 0 Å². The molecule has 0 heterocycles. The summed E-state index contributed by atoms with van der Waals surface area (Å²) in [5.74, 6) is 0.0813. The van der Waals surface area contributed by atoms with Gasteiger partial charge in [-0.2, -0.15) is 0 Å². The van der Waals surface area contributed by atoms with Crippen LogP contribution in [-0.4, -0.2) is 36.2 Å². The molecule has 0 aliphatic heterocycles. The Morgan fingerprint density at radius 2 is 2.23 bits per heavy atom. The first-order valence-electron chi connectivity index (χ1n) is 4.90. The summed E-state index contributed by atoms with van der Waals surface area (Å²) >= 11 is 0. The molecule has 3 N–H and O–H groups in total. The van der Waals surface area contributed by atoms with Crippen LogP contribution < -0.4 is 10.6 Å². The van der Waals surface area contributed by atoms with Gasteiger partial charge in [-0.15, -0.1) is 0 Å². The number of aliphatic hydroxyl groups is 1. The van der Waals surface area contributed by atoms with Crippen molar-refractivity contribution < 1.29 is 9.90 Å². The Morgan fingerprint density at radius 3 is 2.77 bits per heavy atom. The molecular weight excluding hydrogens is 168 g/mol. The number of carbonyl (C=O) groups is 1. The third kappa shape index (κ3) is 3.74. The normalized spacial score (nSPS) is 26.6. The molecule has 0 spiro atoms. The molecule has 13 heavy (non-hydrogen) atoms. The highest BCUT2D eigenvalue weighted by Gasteiger charge is 2.27. The third-order valence-corrected chi connectivity index (χ3v) is 2.26. The first-order valence-corrected chi connectivity index (χ1v) is 4.90. The van der Waals surface area contributed by atoms with Crippen LogP contribution in [0.1, 0.15) is 26.2 Å². The van der Waals surface area contributed by atoms with E-state index in [-0.39, 0.29) is 18.1 Å². The van der Waals surface area contributed by atoms with E-state index in [1.807, 2.05) is 6.92 Å². The zero-order valence-electron chi connectivity index (χ0n) is 8.05. The van der Waals surface area contributed by atoms with E-state index in [9.17, 15) is 4.79 Å². The van der Waals surface area contributed by atoms with Crippen LogP contribution in [0.15, 0.2) is 0 Å². The standard InChI is InChI=1S/C9H18N2O2/c1-2-10-4-3-9(13)11-7-5-8(12)6-7/h7-8,10,12H,2-6H2,1H3,(H,11,13). The molecule has 0 bridgehead atoms. The van der Waals surface area contributed by atoms with Crippen molar-refractivity contribution in [2.45, 2.75) is 38.3 Å². The summed E-state index contributed by atoms with van der Waals surface area (Å²) in [5.41, 5.74) is 0. The summed E-state index contributed by atoms with van der Waals surface area (Å²) in [6.45, 7) is 3.65. The molecule has 0 aromatic rings. The van der Waals surface area contributed by atoms with Crippen LogP contribution in [0, 0.1) is 0 Å². The van der Waals surface area contributed by atoms with Gasteiger partial charge in [0.1, 0.15) is 0 Å². The van der Waals surface area contributed by atoms with Crippen molar-refractivity contribution in [3.05, 3.63) is 0 Å². The summed E-state index contributed by atoms with van der Waals surface area (Å²) in [7, 11) is 0. The average Bonchev–Trinajstić information content (AvgIpc) is 2.02. The number of rotatable bonds is 5. The maximum Gasteiger partial charge on any atom is 0.221 e. The molecule has 4 heteroatoms. The van der Waals surface area contributed by atoms with Crippen molar-refractivity contribution in [1.29, 1.82) is 0 Å². The second-order valence-electron chi connectivity index (χ2n) is 3.49. The summed E-state index contributed by atoms with van der Waals surface area (Å²) in [6, 6.07) is 0.212. The lowest BCUT2D eigenvalue weighted by Gasteiger charge is -2.31. The van der Waals surface area contributed by atoms with E-state index < -0.39 is 0 Å². The van der Waals surface area contributed by atoms with Gasteiger partial charge in [-0.05, 0) is 19.4 Å². The first-order chi connectivity index (χ1) is 6.22. The lowest BCUT2D eigenvalue weighted by molar-refractivity contribution is -0.123. The summed E-state index contributed by atoms with van der Waals surface area (Å²) in [4.78, 5) is 11.2. The quantitative estimate of drug-likeness (QED) is 0.513. The highest BCUT2D eigenvalue weighted by molar-refractivity contribution is 5.76. The molecule has 1 fully saturated rings. The largest absolute Gasteiger partial charge is 0.393 e. The average molecular weight is 186 g/mol. The molecule has 1 aliphatic rings. The molecule has 0 aromatic carbocycles. The lowest BCUT2D eigenvalue weighted by Crippen LogP contribution is -2.47. The number of hydrogen-bond donors (Lipinski definition) is 3. The van der Waals surface area contributed by atoms with Crippen molar-refractivity contribution in [3.8, 4) is 0 Å². The molecule has 1 amide bonds. The maximum atomic E-state index is 11.2. The van der Waals surface area contributed by atoms with Gasteiger partial charge in [0.05, 0.1) is 6.10 Å². The molecular formula is C9H18N2O2. The second-order valence-corrected chi connectivity index (χ2v) is 3.49. The molecule has 1 rings (SSSR count). The van der Waals surface area contributed by atoms with Gasteiger partial charge < -0.3 is 15.7 Å². The van der Waals surface area contributed by atoms with Gasteiger partial charge in [-0.3, -0.25) is 4.79 Å². The monoisotopic (exact) mass is 186 g/mol. The molecule has 0 aromatic heterocycles. The number of carbonyl (C=O) groups excluding carboxylic acids is 1. The van der Waals surface area contributed by atoms with Crippen molar-refractivity contribution in [2.75, 3.05) is 13.1 Å². The zero-order chi connectivity index (χ0) is 9.68. The van der Waals surface area contributed by atoms with E-state index in [1.54, 1.807) is 0 Å². The number of hydrogen-bond acceptors (Lipinski definition) is 3. The number of nitrogens with one attached hydrogen (secondary N) is 2. The van der Waals surface area contributed by atoms with Crippen LogP contribution in [0.4, 0.5) is 0 Å². The van der Waals surface area contributed by atoms with Crippen molar-refractivity contribution >= 4 is 5.91 Å². The van der Waals surface area contributed by atoms with Gasteiger partial charge in [0.15, 0.2) is 0 Å². The number of amides is 1. The van der Waals surface area contributed by atoms with E-state index in [2.05, 4.69) is 10.6 Å². The van der Waals surface area contributed by atoms with Crippen LogP contribution in [-0.2, 0) is 4.79 Å². The van der Waals surface area contributed by atoms with Gasteiger partial charge in [0, 0.05) is 19.0 Å². The Morgan fingerprint density at radius 1 is 1.54 bits per heavy atom. The van der Waals surface area contributed by atoms with E-state index >= 15 is 0 Å². The van der Waals surface area contributed by atoms with Gasteiger partial charge in [-0.1, -0.05) is 6.92 Å². The molecule has 0 atom stereocenters. The predicted molar refractivity (Wildman–Crippen MR) is 50.3 cm³/mol. The Labute approximate surface area is 78.7 Å². The zero-order valence-corrected chi connectivity index (χ0v) is 8.05. The molecule has 0 radical (unpaired) electrons. The van der Waals surface area contributed by atoms with Gasteiger partial charge in [-0.25, -0.2) is 0 Å². The molecule has 1 aliphatic carbocycles. The van der Waals surface area contributed by atoms with Gasteiger partial charge in [0.25, 0.3) is 0 Å². The fourth-order valence-electron chi connectivity index (χ4n) is 1.38. The minimum atomic E-state index is -0.195. The summed E-state index contributed by atoms with van der Waals surface area (Å²) in [6.07, 6.45) is 1.76. The SMILES string of the molecule is CCNCCC(=O)NC1CC(O)C1. The van der Waals surface area contributed by atoms with Gasteiger partial charge >= 0.3 is 0 Å². The fraction of sp³-hybridized carbons (Fsp3) is 0.889. The van der Waals surface area contributed by atoms with E-state index in [0.29, 0.717) is 19.3 Å². The topological polar surface area (TPSA) is 61.4 Å². The third-order valence-electron chi connectivity index (χ3n) is 2.26. The minimum Gasteiger partial charge on any atom is -0.393 e. The van der Waals surface area contributed by atoms with Crippen molar-refractivity contribution in [3.63, 3.8) is 0 Å². The van der Waals surface area contributed by atoms with Crippen molar-refractivity contribution in [1.82, 2.24) is 10.6 Å². The Kier molecular flexibility index (Phi) is 4.18. The molecule has 0 unspecified atom stereocenters. The fourth-order valence-corrected chi connectivity index (χ4v) is 1.38. The Balaban J connectivity index is 1.98. The first kappa shape index (κ1) is 10.5. The Bertz CT molecular complexity index is 167. The molecule has 1 saturated carbocycles.